The summed E-state index contributed by atoms with van der Waals surface area (Å²) >= 11 is 0. The number of carbonyl (C=O) groups is 2. The maximum atomic E-state index is 11.7. The molecule has 1 aliphatic carbocycles. The summed E-state index contributed by atoms with van der Waals surface area (Å²) < 4.78 is 5.28. The molecule has 1 amide bonds. The van der Waals surface area contributed by atoms with E-state index in [1.165, 1.54) is 12.8 Å². The third-order valence-corrected chi connectivity index (χ3v) is 3.83. The average molecular weight is 257 g/mol. The first-order valence-electron chi connectivity index (χ1n) is 6.29. The Morgan fingerprint density at radius 3 is 2.28 bits per heavy atom. The Bertz CT molecular complexity index is 332. The topological polar surface area (TPSA) is 75.6 Å². The Hall–Kier alpha value is -1.10. The number of nitrogens with one attached hydrogen (secondary N) is 1. The molecule has 1 aliphatic rings. The van der Waals surface area contributed by atoms with Gasteiger partial charge in [-0.15, -0.1) is 0 Å². The molecule has 0 atom stereocenters. The summed E-state index contributed by atoms with van der Waals surface area (Å²) in [4.78, 5) is 22.9. The van der Waals surface area contributed by atoms with Gasteiger partial charge in [-0.2, -0.15) is 0 Å². The number of carboxylic acid groups (broad SMARTS) is 1. The zero-order valence-corrected chi connectivity index (χ0v) is 11.6. The van der Waals surface area contributed by atoms with Gasteiger partial charge in [0.1, 0.15) is 6.61 Å². The fraction of sp³-hybridized carbons (Fsp3) is 0.846. The SMILES string of the molecule is CC(C)(NC(=O)COCC1CC1)C(C)(C)C(=O)O. The Morgan fingerprint density at radius 1 is 1.28 bits per heavy atom. The van der Waals surface area contributed by atoms with E-state index in [2.05, 4.69) is 5.32 Å². The molecule has 5 nitrogen and oxygen atoms in total. The highest BCUT2D eigenvalue weighted by Crippen LogP contribution is 2.31. The first kappa shape index (κ1) is 15.0. The van der Waals surface area contributed by atoms with Crippen molar-refractivity contribution in [3.8, 4) is 0 Å². The van der Waals surface area contributed by atoms with Crippen LogP contribution in [0.1, 0.15) is 40.5 Å². The molecule has 1 fully saturated rings. The van der Waals surface area contributed by atoms with E-state index in [1.807, 2.05) is 0 Å². The Morgan fingerprint density at radius 2 is 1.83 bits per heavy atom. The van der Waals surface area contributed by atoms with Crippen LogP contribution in [0.5, 0.6) is 0 Å². The lowest BCUT2D eigenvalue weighted by Crippen LogP contribution is -2.57. The number of ether oxygens (including phenoxy) is 1. The van der Waals surface area contributed by atoms with Crippen LogP contribution in [-0.4, -0.2) is 35.7 Å². The highest BCUT2D eigenvalue weighted by atomic mass is 16.5. The number of hydrogen-bond acceptors (Lipinski definition) is 3. The summed E-state index contributed by atoms with van der Waals surface area (Å²) in [6, 6.07) is 0. The van der Waals surface area contributed by atoms with Crippen LogP contribution in [-0.2, 0) is 14.3 Å². The molecule has 0 spiro atoms. The van der Waals surface area contributed by atoms with E-state index < -0.39 is 16.9 Å². The van der Waals surface area contributed by atoms with E-state index in [9.17, 15) is 9.59 Å². The van der Waals surface area contributed by atoms with Crippen molar-refractivity contribution in [2.24, 2.45) is 11.3 Å². The Kier molecular flexibility index (Phi) is 4.37. The van der Waals surface area contributed by atoms with Crippen molar-refractivity contribution in [3.05, 3.63) is 0 Å². The van der Waals surface area contributed by atoms with Crippen molar-refractivity contribution < 1.29 is 19.4 Å². The summed E-state index contributed by atoms with van der Waals surface area (Å²) in [6.07, 6.45) is 2.36. The molecule has 0 aromatic heterocycles. The van der Waals surface area contributed by atoms with E-state index in [0.717, 1.165) is 0 Å². The van der Waals surface area contributed by atoms with Crippen LogP contribution in [0.15, 0.2) is 0 Å². The molecule has 0 saturated heterocycles. The lowest BCUT2D eigenvalue weighted by Gasteiger charge is -2.38. The zero-order valence-electron chi connectivity index (χ0n) is 11.6. The molecule has 0 heterocycles. The van der Waals surface area contributed by atoms with Gasteiger partial charge in [0.25, 0.3) is 0 Å². The first-order valence-corrected chi connectivity index (χ1v) is 6.29. The van der Waals surface area contributed by atoms with Crippen LogP contribution in [0.3, 0.4) is 0 Å². The Labute approximate surface area is 108 Å². The van der Waals surface area contributed by atoms with Crippen LogP contribution < -0.4 is 5.32 Å². The van der Waals surface area contributed by atoms with Gasteiger partial charge >= 0.3 is 5.97 Å². The van der Waals surface area contributed by atoms with Gasteiger partial charge < -0.3 is 15.2 Å². The minimum atomic E-state index is -1.04. The Balaban J connectivity index is 2.42. The molecule has 0 unspecified atom stereocenters. The monoisotopic (exact) mass is 257 g/mol. The molecule has 18 heavy (non-hydrogen) atoms. The summed E-state index contributed by atoms with van der Waals surface area (Å²) in [6.45, 7) is 7.23. The summed E-state index contributed by atoms with van der Waals surface area (Å²) in [7, 11) is 0. The first-order chi connectivity index (χ1) is 8.17. The van der Waals surface area contributed by atoms with Crippen molar-refractivity contribution in [3.63, 3.8) is 0 Å². The fourth-order valence-electron chi connectivity index (χ4n) is 1.41. The largest absolute Gasteiger partial charge is 0.481 e. The second kappa shape index (κ2) is 5.26. The summed E-state index contributed by atoms with van der Waals surface area (Å²) in [5, 5.41) is 11.9. The lowest BCUT2D eigenvalue weighted by atomic mass is 9.74. The van der Waals surface area contributed by atoms with E-state index in [0.29, 0.717) is 12.5 Å². The predicted molar refractivity (Wildman–Crippen MR) is 67.2 cm³/mol. The molecule has 104 valence electrons. The van der Waals surface area contributed by atoms with E-state index in [4.69, 9.17) is 9.84 Å². The summed E-state index contributed by atoms with van der Waals surface area (Å²) in [5.74, 6) is -0.594. The second-order valence-corrected chi connectivity index (χ2v) is 6.06. The third-order valence-electron chi connectivity index (χ3n) is 3.83. The van der Waals surface area contributed by atoms with Gasteiger partial charge in [-0.25, -0.2) is 0 Å². The normalized spacial score (nSPS) is 16.4. The van der Waals surface area contributed by atoms with Gasteiger partial charge in [0.05, 0.1) is 17.6 Å². The van der Waals surface area contributed by atoms with Gasteiger partial charge in [0, 0.05) is 0 Å². The highest BCUT2D eigenvalue weighted by Gasteiger charge is 2.44. The smallest absolute Gasteiger partial charge is 0.311 e. The average Bonchev–Trinajstić information content (AvgIpc) is 3.00. The van der Waals surface area contributed by atoms with Crippen LogP contribution >= 0.6 is 0 Å². The molecule has 0 aromatic carbocycles. The standard InChI is InChI=1S/C13H23NO4/c1-12(2,11(16)17)13(3,4)14-10(15)8-18-7-9-5-6-9/h9H,5-8H2,1-4H3,(H,14,15)(H,16,17). The minimum absolute atomic E-state index is 0.00434. The van der Waals surface area contributed by atoms with Gasteiger partial charge in [-0.1, -0.05) is 0 Å². The van der Waals surface area contributed by atoms with Crippen LogP contribution in [0, 0.1) is 11.3 Å². The lowest BCUT2D eigenvalue weighted by molar-refractivity contribution is -0.152. The van der Waals surface area contributed by atoms with Gasteiger partial charge in [0.15, 0.2) is 0 Å². The van der Waals surface area contributed by atoms with E-state index >= 15 is 0 Å². The van der Waals surface area contributed by atoms with Crippen LogP contribution in [0.2, 0.25) is 0 Å². The van der Waals surface area contributed by atoms with Crippen molar-refractivity contribution in [2.45, 2.75) is 46.1 Å². The molecular weight excluding hydrogens is 234 g/mol. The summed E-state index contributed by atoms with van der Waals surface area (Å²) in [5.41, 5.74) is -1.88. The quantitative estimate of drug-likeness (QED) is 0.723. The van der Waals surface area contributed by atoms with Crippen LogP contribution in [0.4, 0.5) is 0 Å². The number of hydrogen-bond donors (Lipinski definition) is 2. The van der Waals surface area contributed by atoms with Crippen molar-refractivity contribution in [1.29, 1.82) is 0 Å². The fourth-order valence-corrected chi connectivity index (χ4v) is 1.41. The van der Waals surface area contributed by atoms with Crippen molar-refractivity contribution in [1.82, 2.24) is 5.32 Å². The molecule has 0 bridgehead atoms. The van der Waals surface area contributed by atoms with Crippen molar-refractivity contribution >= 4 is 11.9 Å². The minimum Gasteiger partial charge on any atom is -0.481 e. The molecule has 1 saturated carbocycles. The molecule has 1 rings (SSSR count). The number of rotatable bonds is 7. The number of amides is 1. The van der Waals surface area contributed by atoms with Crippen molar-refractivity contribution in [2.75, 3.05) is 13.2 Å². The van der Waals surface area contributed by atoms with Gasteiger partial charge in [-0.3, -0.25) is 9.59 Å². The molecule has 0 radical (unpaired) electrons. The maximum Gasteiger partial charge on any atom is 0.311 e. The highest BCUT2D eigenvalue weighted by molar-refractivity contribution is 5.81. The van der Waals surface area contributed by atoms with E-state index in [1.54, 1.807) is 27.7 Å². The molecule has 2 N–H and O–H groups in total. The third kappa shape index (κ3) is 3.70. The van der Waals surface area contributed by atoms with Crippen LogP contribution in [0.25, 0.3) is 0 Å². The zero-order chi connectivity index (χ0) is 14.0. The van der Waals surface area contributed by atoms with Gasteiger partial charge in [-0.05, 0) is 46.5 Å². The number of carbonyl (C=O) groups excluding carboxylic acids is 1. The molecule has 0 aromatic rings. The van der Waals surface area contributed by atoms with E-state index in [-0.39, 0.29) is 12.5 Å². The number of aliphatic carboxylic acids is 1. The molecule has 0 aliphatic heterocycles. The molecule has 5 heteroatoms. The maximum absolute atomic E-state index is 11.7. The molecular formula is C13H23NO4. The van der Waals surface area contributed by atoms with Gasteiger partial charge in [0.2, 0.25) is 5.91 Å². The predicted octanol–water partition coefficient (Wildman–Crippen LogP) is 1.42. The number of carboxylic acids is 1. The second-order valence-electron chi connectivity index (χ2n) is 6.06.